The summed E-state index contributed by atoms with van der Waals surface area (Å²) < 4.78 is 0. The third-order valence-corrected chi connectivity index (χ3v) is 3.86. The first-order valence-corrected chi connectivity index (χ1v) is 7.89. The molecule has 4 heteroatoms. The standard InChI is InChI=1S/C18H28N2O2/c1-14-6-8-16(9-7-14)18(3,4)11-10-17(22)20-13-5-12-19-15(2)21/h6-9H,5,10-13H2,1-4H3,(H,19,21)(H,20,22). The van der Waals surface area contributed by atoms with Crippen LogP contribution in [0.4, 0.5) is 0 Å². The van der Waals surface area contributed by atoms with Gasteiger partial charge < -0.3 is 10.6 Å². The lowest BCUT2D eigenvalue weighted by Crippen LogP contribution is -2.30. The molecule has 0 heterocycles. The van der Waals surface area contributed by atoms with Crippen LogP contribution in [-0.4, -0.2) is 24.9 Å². The van der Waals surface area contributed by atoms with Crippen molar-refractivity contribution in [2.75, 3.05) is 13.1 Å². The first-order valence-electron chi connectivity index (χ1n) is 7.89. The molecule has 2 amide bonds. The molecule has 0 aliphatic carbocycles. The van der Waals surface area contributed by atoms with E-state index in [-0.39, 0.29) is 17.2 Å². The molecule has 0 aliphatic rings. The molecular weight excluding hydrogens is 276 g/mol. The Labute approximate surface area is 133 Å². The third-order valence-electron chi connectivity index (χ3n) is 3.86. The highest BCUT2D eigenvalue weighted by Crippen LogP contribution is 2.28. The molecule has 0 radical (unpaired) electrons. The predicted octanol–water partition coefficient (Wildman–Crippen LogP) is 2.70. The van der Waals surface area contributed by atoms with Crippen LogP contribution in [0.2, 0.25) is 0 Å². The van der Waals surface area contributed by atoms with Crippen LogP contribution in [0, 0.1) is 6.92 Å². The zero-order valence-corrected chi connectivity index (χ0v) is 14.2. The van der Waals surface area contributed by atoms with Gasteiger partial charge in [0, 0.05) is 26.4 Å². The summed E-state index contributed by atoms with van der Waals surface area (Å²) in [7, 11) is 0. The smallest absolute Gasteiger partial charge is 0.220 e. The van der Waals surface area contributed by atoms with Gasteiger partial charge in [-0.05, 0) is 30.7 Å². The molecule has 22 heavy (non-hydrogen) atoms. The van der Waals surface area contributed by atoms with E-state index in [0.29, 0.717) is 19.5 Å². The summed E-state index contributed by atoms with van der Waals surface area (Å²) >= 11 is 0. The lowest BCUT2D eigenvalue weighted by atomic mass is 9.80. The Morgan fingerprint density at radius 1 is 1.05 bits per heavy atom. The van der Waals surface area contributed by atoms with Crippen LogP contribution in [0.1, 0.15) is 51.2 Å². The van der Waals surface area contributed by atoms with Gasteiger partial charge in [0.25, 0.3) is 0 Å². The van der Waals surface area contributed by atoms with Gasteiger partial charge in [0.15, 0.2) is 0 Å². The Hall–Kier alpha value is -1.84. The fraction of sp³-hybridized carbons (Fsp3) is 0.556. The highest BCUT2D eigenvalue weighted by Gasteiger charge is 2.21. The number of carbonyl (C=O) groups is 2. The van der Waals surface area contributed by atoms with Gasteiger partial charge in [0.2, 0.25) is 11.8 Å². The van der Waals surface area contributed by atoms with Crippen LogP contribution < -0.4 is 10.6 Å². The Bertz CT molecular complexity index is 492. The minimum Gasteiger partial charge on any atom is -0.356 e. The lowest BCUT2D eigenvalue weighted by Gasteiger charge is -2.25. The highest BCUT2D eigenvalue weighted by molar-refractivity contribution is 5.76. The van der Waals surface area contributed by atoms with E-state index in [1.54, 1.807) is 0 Å². The van der Waals surface area contributed by atoms with Crippen LogP contribution in [0.5, 0.6) is 0 Å². The van der Waals surface area contributed by atoms with Crippen LogP contribution in [0.25, 0.3) is 0 Å². The van der Waals surface area contributed by atoms with E-state index in [4.69, 9.17) is 0 Å². The van der Waals surface area contributed by atoms with Gasteiger partial charge in [0.05, 0.1) is 0 Å². The number of amides is 2. The normalized spacial score (nSPS) is 11.1. The van der Waals surface area contributed by atoms with Gasteiger partial charge in [-0.2, -0.15) is 0 Å². The first-order chi connectivity index (χ1) is 10.3. The largest absolute Gasteiger partial charge is 0.356 e. The highest BCUT2D eigenvalue weighted by atomic mass is 16.2. The molecule has 0 fully saturated rings. The maximum Gasteiger partial charge on any atom is 0.220 e. The first kappa shape index (κ1) is 18.2. The predicted molar refractivity (Wildman–Crippen MR) is 89.7 cm³/mol. The Kier molecular flexibility index (Phi) is 7.09. The Balaban J connectivity index is 2.30. The Morgan fingerprint density at radius 2 is 1.64 bits per heavy atom. The molecule has 0 saturated heterocycles. The van der Waals surface area contributed by atoms with Crippen molar-refractivity contribution in [3.8, 4) is 0 Å². The molecule has 1 aromatic carbocycles. The van der Waals surface area contributed by atoms with Gasteiger partial charge in [-0.25, -0.2) is 0 Å². The van der Waals surface area contributed by atoms with Crippen molar-refractivity contribution < 1.29 is 9.59 Å². The van der Waals surface area contributed by atoms with E-state index in [2.05, 4.69) is 55.7 Å². The summed E-state index contributed by atoms with van der Waals surface area (Å²) in [5.74, 6) is 0.0363. The van der Waals surface area contributed by atoms with Crippen molar-refractivity contribution in [1.82, 2.24) is 10.6 Å². The minimum atomic E-state index is -0.0360. The van der Waals surface area contributed by atoms with E-state index in [9.17, 15) is 9.59 Å². The van der Waals surface area contributed by atoms with Crippen molar-refractivity contribution in [3.63, 3.8) is 0 Å². The third kappa shape index (κ3) is 6.74. The van der Waals surface area contributed by atoms with E-state index in [1.165, 1.54) is 18.1 Å². The van der Waals surface area contributed by atoms with Crippen molar-refractivity contribution in [2.45, 2.75) is 52.4 Å². The number of rotatable bonds is 8. The minimum absolute atomic E-state index is 0.0127. The zero-order valence-electron chi connectivity index (χ0n) is 14.2. The molecular formula is C18H28N2O2. The molecule has 1 rings (SSSR count). The van der Waals surface area contributed by atoms with Crippen molar-refractivity contribution in [2.24, 2.45) is 0 Å². The summed E-state index contributed by atoms with van der Waals surface area (Å²) in [6.45, 7) is 9.11. The van der Waals surface area contributed by atoms with Gasteiger partial charge in [-0.1, -0.05) is 43.7 Å². The number of nitrogens with one attached hydrogen (secondary N) is 2. The van der Waals surface area contributed by atoms with E-state index >= 15 is 0 Å². The molecule has 0 spiro atoms. The van der Waals surface area contributed by atoms with Crippen molar-refractivity contribution in [3.05, 3.63) is 35.4 Å². The fourth-order valence-corrected chi connectivity index (χ4v) is 2.24. The summed E-state index contributed by atoms with van der Waals surface area (Å²) in [6, 6.07) is 8.50. The number of benzene rings is 1. The quantitative estimate of drug-likeness (QED) is 0.726. The maximum absolute atomic E-state index is 11.9. The van der Waals surface area contributed by atoms with Crippen LogP contribution in [-0.2, 0) is 15.0 Å². The average Bonchev–Trinajstić information content (AvgIpc) is 2.45. The van der Waals surface area contributed by atoms with E-state index in [1.807, 2.05) is 0 Å². The maximum atomic E-state index is 11.9. The number of hydrogen-bond donors (Lipinski definition) is 2. The van der Waals surface area contributed by atoms with E-state index < -0.39 is 0 Å². The van der Waals surface area contributed by atoms with E-state index in [0.717, 1.165) is 12.8 Å². The molecule has 0 unspecified atom stereocenters. The summed E-state index contributed by atoms with van der Waals surface area (Å²) in [6.07, 6.45) is 2.08. The van der Waals surface area contributed by atoms with Crippen molar-refractivity contribution in [1.29, 1.82) is 0 Å². The SMILES string of the molecule is CC(=O)NCCCNC(=O)CCC(C)(C)c1ccc(C)cc1. The lowest BCUT2D eigenvalue weighted by molar-refractivity contribution is -0.121. The molecule has 0 atom stereocenters. The number of hydrogen-bond acceptors (Lipinski definition) is 2. The molecule has 0 bridgehead atoms. The van der Waals surface area contributed by atoms with Gasteiger partial charge >= 0.3 is 0 Å². The van der Waals surface area contributed by atoms with Gasteiger partial charge in [0.1, 0.15) is 0 Å². The topological polar surface area (TPSA) is 58.2 Å². The molecule has 2 N–H and O–H groups in total. The molecule has 0 saturated carbocycles. The van der Waals surface area contributed by atoms with Crippen molar-refractivity contribution >= 4 is 11.8 Å². The summed E-state index contributed by atoms with van der Waals surface area (Å²) in [5.41, 5.74) is 2.49. The monoisotopic (exact) mass is 304 g/mol. The molecule has 1 aromatic rings. The molecule has 0 aliphatic heterocycles. The Morgan fingerprint density at radius 3 is 2.23 bits per heavy atom. The zero-order chi connectivity index (χ0) is 16.6. The van der Waals surface area contributed by atoms with Gasteiger partial charge in [-0.3, -0.25) is 9.59 Å². The summed E-state index contributed by atoms with van der Waals surface area (Å²) in [4.78, 5) is 22.6. The number of carbonyl (C=O) groups excluding carboxylic acids is 2. The molecule has 0 aromatic heterocycles. The molecule has 4 nitrogen and oxygen atoms in total. The summed E-state index contributed by atoms with van der Waals surface area (Å²) in [5, 5.41) is 5.61. The average molecular weight is 304 g/mol. The second-order valence-electron chi connectivity index (χ2n) is 6.44. The van der Waals surface area contributed by atoms with Gasteiger partial charge in [-0.15, -0.1) is 0 Å². The second kappa shape index (κ2) is 8.57. The molecule has 122 valence electrons. The van der Waals surface area contributed by atoms with Crippen LogP contribution >= 0.6 is 0 Å². The van der Waals surface area contributed by atoms with Crippen LogP contribution in [0.3, 0.4) is 0 Å². The fourth-order valence-electron chi connectivity index (χ4n) is 2.24. The second-order valence-corrected chi connectivity index (χ2v) is 6.44. The van der Waals surface area contributed by atoms with Crippen LogP contribution in [0.15, 0.2) is 24.3 Å². The number of aryl methyl sites for hydroxylation is 1.